The molecule has 10 heavy (non-hydrogen) atoms. The molecule has 0 radical (unpaired) electrons. The molecule has 0 aliphatic carbocycles. The van der Waals surface area contributed by atoms with Gasteiger partial charge in [0.1, 0.15) is 0 Å². The molecule has 0 aromatic rings. The van der Waals surface area contributed by atoms with Gasteiger partial charge in [-0.25, -0.2) is 0 Å². The van der Waals surface area contributed by atoms with E-state index in [1.54, 1.807) is 0 Å². The van der Waals surface area contributed by atoms with Gasteiger partial charge in [-0.2, -0.15) is 0 Å². The van der Waals surface area contributed by atoms with Gasteiger partial charge in [0.05, 0.1) is 0 Å². The van der Waals surface area contributed by atoms with Crippen LogP contribution in [0.5, 0.6) is 0 Å². The van der Waals surface area contributed by atoms with Crippen molar-refractivity contribution < 1.29 is 0 Å². The first kappa shape index (κ1) is 8.35. The minimum atomic E-state index is 0.643. The summed E-state index contributed by atoms with van der Waals surface area (Å²) in [5.74, 6) is 0.802. The Morgan fingerprint density at radius 3 is 2.90 bits per heavy atom. The zero-order valence-corrected chi connectivity index (χ0v) is 7.40. The summed E-state index contributed by atoms with van der Waals surface area (Å²) in [6, 6.07) is 0.643. The number of likely N-dealkylation sites (tertiary alicyclic amines) is 1. The van der Waals surface area contributed by atoms with E-state index in [9.17, 15) is 0 Å². The standard InChI is InChI=1S/C8H16ClN/c1-10-6-4-2-3-5-8(10)7-9/h8H,2-7H2,1H3. The van der Waals surface area contributed by atoms with Crippen LogP contribution in [0.25, 0.3) is 0 Å². The molecule has 1 aliphatic heterocycles. The van der Waals surface area contributed by atoms with Crippen molar-refractivity contribution in [2.24, 2.45) is 0 Å². The van der Waals surface area contributed by atoms with Crippen molar-refractivity contribution in [1.29, 1.82) is 0 Å². The number of rotatable bonds is 1. The Kier molecular flexibility index (Phi) is 3.50. The molecule has 60 valence electrons. The van der Waals surface area contributed by atoms with Crippen LogP contribution in [0.4, 0.5) is 0 Å². The molecule has 1 unspecified atom stereocenters. The first-order valence-corrected chi connectivity index (χ1v) is 4.64. The van der Waals surface area contributed by atoms with E-state index in [1.165, 1.54) is 32.2 Å². The molecular formula is C8H16ClN. The molecule has 1 aliphatic rings. The number of hydrogen-bond acceptors (Lipinski definition) is 1. The molecule has 2 heteroatoms. The maximum absolute atomic E-state index is 5.81. The van der Waals surface area contributed by atoms with Crippen LogP contribution >= 0.6 is 11.6 Å². The van der Waals surface area contributed by atoms with Crippen LogP contribution in [0.15, 0.2) is 0 Å². The van der Waals surface area contributed by atoms with Crippen molar-refractivity contribution in [3.63, 3.8) is 0 Å². The zero-order valence-electron chi connectivity index (χ0n) is 6.65. The number of alkyl halides is 1. The third-order valence-electron chi connectivity index (χ3n) is 2.35. The highest BCUT2D eigenvalue weighted by Crippen LogP contribution is 2.15. The van der Waals surface area contributed by atoms with Crippen molar-refractivity contribution in [1.82, 2.24) is 4.90 Å². The summed E-state index contributed by atoms with van der Waals surface area (Å²) >= 11 is 5.81. The molecule has 0 aromatic carbocycles. The Morgan fingerprint density at radius 2 is 2.20 bits per heavy atom. The van der Waals surface area contributed by atoms with Crippen LogP contribution in [0.2, 0.25) is 0 Å². The van der Waals surface area contributed by atoms with Crippen molar-refractivity contribution in [3.05, 3.63) is 0 Å². The average Bonchev–Trinajstić information content (AvgIpc) is 2.13. The van der Waals surface area contributed by atoms with E-state index in [4.69, 9.17) is 11.6 Å². The number of halogens is 1. The minimum absolute atomic E-state index is 0.643. The lowest BCUT2D eigenvalue weighted by Crippen LogP contribution is -2.32. The lowest BCUT2D eigenvalue weighted by Gasteiger charge is -2.22. The third-order valence-corrected chi connectivity index (χ3v) is 2.71. The van der Waals surface area contributed by atoms with Gasteiger partial charge in [-0.05, 0) is 26.4 Å². The van der Waals surface area contributed by atoms with E-state index >= 15 is 0 Å². The van der Waals surface area contributed by atoms with Crippen molar-refractivity contribution in [2.45, 2.75) is 31.7 Å². The van der Waals surface area contributed by atoms with Gasteiger partial charge in [0, 0.05) is 11.9 Å². The summed E-state index contributed by atoms with van der Waals surface area (Å²) in [7, 11) is 2.18. The van der Waals surface area contributed by atoms with Crippen LogP contribution < -0.4 is 0 Å². The topological polar surface area (TPSA) is 3.24 Å². The van der Waals surface area contributed by atoms with Crippen LogP contribution in [0.1, 0.15) is 25.7 Å². The van der Waals surface area contributed by atoms with Crippen LogP contribution in [-0.2, 0) is 0 Å². The van der Waals surface area contributed by atoms with E-state index in [1.807, 2.05) is 0 Å². The highest BCUT2D eigenvalue weighted by Gasteiger charge is 2.15. The molecule has 0 aromatic heterocycles. The van der Waals surface area contributed by atoms with Crippen molar-refractivity contribution >= 4 is 11.6 Å². The van der Waals surface area contributed by atoms with Crippen molar-refractivity contribution in [2.75, 3.05) is 19.5 Å². The summed E-state index contributed by atoms with van der Waals surface area (Å²) in [4.78, 5) is 2.39. The summed E-state index contributed by atoms with van der Waals surface area (Å²) in [5.41, 5.74) is 0. The van der Waals surface area contributed by atoms with E-state index in [0.29, 0.717) is 6.04 Å². The highest BCUT2D eigenvalue weighted by atomic mass is 35.5. The monoisotopic (exact) mass is 161 g/mol. The Morgan fingerprint density at radius 1 is 1.40 bits per heavy atom. The third kappa shape index (κ3) is 2.14. The fraction of sp³-hybridized carbons (Fsp3) is 1.00. The predicted molar refractivity (Wildman–Crippen MR) is 45.6 cm³/mol. The predicted octanol–water partition coefficient (Wildman–Crippen LogP) is 2.10. The van der Waals surface area contributed by atoms with Gasteiger partial charge in [0.2, 0.25) is 0 Å². The smallest absolute Gasteiger partial charge is 0.0379 e. The second-order valence-corrected chi connectivity index (χ2v) is 3.45. The zero-order chi connectivity index (χ0) is 7.40. The maximum Gasteiger partial charge on any atom is 0.0379 e. The van der Waals surface area contributed by atoms with E-state index < -0.39 is 0 Å². The number of nitrogens with zero attached hydrogens (tertiary/aromatic N) is 1. The van der Waals surface area contributed by atoms with Crippen LogP contribution in [0, 0.1) is 0 Å². The molecule has 1 atom stereocenters. The van der Waals surface area contributed by atoms with E-state index in [2.05, 4.69) is 11.9 Å². The number of hydrogen-bond donors (Lipinski definition) is 0. The van der Waals surface area contributed by atoms with Crippen LogP contribution in [0.3, 0.4) is 0 Å². The molecule has 0 saturated carbocycles. The largest absolute Gasteiger partial charge is 0.302 e. The summed E-state index contributed by atoms with van der Waals surface area (Å²) in [6.07, 6.45) is 5.39. The summed E-state index contributed by atoms with van der Waals surface area (Å²) < 4.78 is 0. The first-order chi connectivity index (χ1) is 4.84. The molecule has 0 spiro atoms. The maximum atomic E-state index is 5.81. The van der Waals surface area contributed by atoms with Gasteiger partial charge in [-0.3, -0.25) is 0 Å². The second-order valence-electron chi connectivity index (χ2n) is 3.14. The van der Waals surface area contributed by atoms with Gasteiger partial charge in [-0.1, -0.05) is 12.8 Å². The molecule has 0 bridgehead atoms. The Labute approximate surface area is 68.4 Å². The highest BCUT2D eigenvalue weighted by molar-refractivity contribution is 6.18. The van der Waals surface area contributed by atoms with Crippen molar-refractivity contribution in [3.8, 4) is 0 Å². The summed E-state index contributed by atoms with van der Waals surface area (Å²) in [5, 5.41) is 0. The Hall–Kier alpha value is 0.250. The minimum Gasteiger partial charge on any atom is -0.302 e. The molecule has 1 rings (SSSR count). The molecule has 1 heterocycles. The molecule has 1 nitrogen and oxygen atoms in total. The fourth-order valence-corrected chi connectivity index (χ4v) is 1.91. The fourth-order valence-electron chi connectivity index (χ4n) is 1.52. The SMILES string of the molecule is CN1CCCCCC1CCl. The molecular weight excluding hydrogens is 146 g/mol. The Balaban J connectivity index is 2.35. The Bertz CT molecular complexity index is 95.3. The lowest BCUT2D eigenvalue weighted by molar-refractivity contribution is 0.267. The normalized spacial score (nSPS) is 30.0. The van der Waals surface area contributed by atoms with Crippen LogP contribution in [-0.4, -0.2) is 30.4 Å². The molecule has 0 amide bonds. The molecule has 1 saturated heterocycles. The van der Waals surface area contributed by atoms with Gasteiger partial charge in [-0.15, -0.1) is 11.6 Å². The lowest BCUT2D eigenvalue weighted by atomic mass is 10.1. The summed E-state index contributed by atoms with van der Waals surface area (Å²) in [6.45, 7) is 1.23. The van der Waals surface area contributed by atoms with Gasteiger partial charge in [0.25, 0.3) is 0 Å². The van der Waals surface area contributed by atoms with E-state index in [0.717, 1.165) is 5.88 Å². The van der Waals surface area contributed by atoms with Gasteiger partial charge < -0.3 is 4.90 Å². The second kappa shape index (κ2) is 4.20. The quantitative estimate of drug-likeness (QED) is 0.533. The first-order valence-electron chi connectivity index (χ1n) is 4.11. The average molecular weight is 162 g/mol. The van der Waals surface area contributed by atoms with Gasteiger partial charge >= 0.3 is 0 Å². The van der Waals surface area contributed by atoms with E-state index in [-0.39, 0.29) is 0 Å². The molecule has 1 fully saturated rings. The molecule has 0 N–H and O–H groups in total. The van der Waals surface area contributed by atoms with Gasteiger partial charge in [0.15, 0.2) is 0 Å².